The largest absolute Gasteiger partial charge is 0.506 e. The van der Waals surface area contributed by atoms with E-state index < -0.39 is 0 Å². The number of Topliss-reactive ketones (excluding diaryl/α,β-unsaturated/α-hetero) is 1. The number of phenols is 1. The number of ketones is 1. The molecule has 0 radical (unpaired) electrons. The number of phenolic OH excluding ortho intramolecular Hbond substituents is 1. The van der Waals surface area contributed by atoms with Crippen LogP contribution in [0.2, 0.25) is 0 Å². The normalized spacial score (nSPS) is 14.3. The van der Waals surface area contributed by atoms with Crippen LogP contribution in [0, 0.1) is 0 Å². The molecule has 0 aromatic heterocycles. The van der Waals surface area contributed by atoms with Crippen LogP contribution in [0.4, 0.5) is 5.69 Å². The number of amides is 1. The van der Waals surface area contributed by atoms with E-state index in [1.807, 2.05) is 41.3 Å². The number of para-hydroxylation sites is 2. The molecule has 27 heavy (non-hydrogen) atoms. The lowest BCUT2D eigenvalue weighted by Crippen LogP contribution is -2.48. The molecule has 1 aliphatic heterocycles. The number of carbonyl (C=O) groups excluding carboxylic acids is 2. The van der Waals surface area contributed by atoms with Crippen molar-refractivity contribution in [2.75, 3.05) is 31.1 Å². The molecule has 1 saturated heterocycles. The zero-order valence-electron chi connectivity index (χ0n) is 15.7. The Labute approximate surface area is 160 Å². The van der Waals surface area contributed by atoms with E-state index in [-0.39, 0.29) is 30.3 Å². The van der Waals surface area contributed by atoms with E-state index in [2.05, 4.69) is 11.8 Å². The minimum absolute atomic E-state index is 0.0128. The van der Waals surface area contributed by atoms with Crippen molar-refractivity contribution in [2.24, 2.45) is 0 Å². The van der Waals surface area contributed by atoms with E-state index in [1.54, 1.807) is 12.1 Å². The number of benzene rings is 2. The summed E-state index contributed by atoms with van der Waals surface area (Å²) in [4.78, 5) is 28.6. The smallest absolute Gasteiger partial charge is 0.223 e. The van der Waals surface area contributed by atoms with Crippen LogP contribution >= 0.6 is 0 Å². The Hall–Kier alpha value is -2.82. The summed E-state index contributed by atoms with van der Waals surface area (Å²) >= 11 is 0. The van der Waals surface area contributed by atoms with E-state index in [9.17, 15) is 14.7 Å². The molecule has 0 unspecified atom stereocenters. The maximum atomic E-state index is 12.5. The second-order valence-electron chi connectivity index (χ2n) is 6.83. The summed E-state index contributed by atoms with van der Waals surface area (Å²) in [6.45, 7) is 4.64. The summed E-state index contributed by atoms with van der Waals surface area (Å²) in [6.07, 6.45) is 1.43. The number of aromatic hydroxyl groups is 1. The van der Waals surface area contributed by atoms with E-state index in [0.29, 0.717) is 31.7 Å². The molecule has 5 heteroatoms. The number of nitrogens with zero attached hydrogens (tertiary/aromatic N) is 2. The molecule has 1 amide bonds. The molecule has 1 fully saturated rings. The number of anilines is 1. The third kappa shape index (κ3) is 4.67. The van der Waals surface area contributed by atoms with Crippen molar-refractivity contribution in [2.45, 2.75) is 26.2 Å². The Bertz CT molecular complexity index is 793. The number of aryl methyl sites for hydroxylation is 1. The van der Waals surface area contributed by atoms with Crippen LogP contribution in [0.25, 0.3) is 0 Å². The summed E-state index contributed by atoms with van der Waals surface area (Å²) in [5, 5.41) is 9.96. The average molecular weight is 366 g/mol. The van der Waals surface area contributed by atoms with Gasteiger partial charge in [-0.1, -0.05) is 43.3 Å². The Morgan fingerprint density at radius 3 is 2.22 bits per heavy atom. The fourth-order valence-electron chi connectivity index (χ4n) is 3.38. The van der Waals surface area contributed by atoms with Crippen molar-refractivity contribution < 1.29 is 14.7 Å². The van der Waals surface area contributed by atoms with Gasteiger partial charge in [0, 0.05) is 44.6 Å². The fraction of sp³-hybridized carbons (Fsp3) is 0.364. The van der Waals surface area contributed by atoms with Crippen LogP contribution in [0.15, 0.2) is 48.5 Å². The predicted octanol–water partition coefficient (Wildman–Crippen LogP) is 3.27. The van der Waals surface area contributed by atoms with Gasteiger partial charge in [-0.05, 0) is 24.1 Å². The Balaban J connectivity index is 1.48. The van der Waals surface area contributed by atoms with E-state index in [1.165, 1.54) is 5.56 Å². The lowest BCUT2D eigenvalue weighted by atomic mass is 10.0. The second-order valence-corrected chi connectivity index (χ2v) is 6.83. The molecule has 2 aromatic rings. The third-order valence-electron chi connectivity index (χ3n) is 5.10. The number of hydrogen-bond acceptors (Lipinski definition) is 4. The van der Waals surface area contributed by atoms with Crippen LogP contribution in [0.1, 0.15) is 35.7 Å². The van der Waals surface area contributed by atoms with E-state index in [0.717, 1.165) is 12.1 Å². The molecule has 0 aliphatic carbocycles. The molecule has 3 rings (SSSR count). The molecule has 142 valence electrons. The molecular formula is C22H26N2O3. The Kier molecular flexibility index (Phi) is 6.12. The van der Waals surface area contributed by atoms with Gasteiger partial charge in [0.25, 0.3) is 0 Å². The van der Waals surface area contributed by atoms with Gasteiger partial charge in [-0.25, -0.2) is 0 Å². The summed E-state index contributed by atoms with van der Waals surface area (Å²) in [5.74, 6) is 0.293. The molecule has 1 heterocycles. The first-order valence-electron chi connectivity index (χ1n) is 9.51. The minimum Gasteiger partial charge on any atom is -0.506 e. The molecular weight excluding hydrogens is 340 g/mol. The molecule has 0 bridgehead atoms. The monoisotopic (exact) mass is 366 g/mol. The zero-order chi connectivity index (χ0) is 19.2. The van der Waals surface area contributed by atoms with Crippen molar-refractivity contribution in [3.05, 3.63) is 59.7 Å². The maximum absolute atomic E-state index is 12.5. The number of carbonyl (C=O) groups is 2. The Morgan fingerprint density at radius 1 is 0.926 bits per heavy atom. The van der Waals surface area contributed by atoms with Gasteiger partial charge in [-0.2, -0.15) is 0 Å². The molecule has 2 aromatic carbocycles. The first-order chi connectivity index (χ1) is 13.1. The number of piperazine rings is 1. The van der Waals surface area contributed by atoms with Crippen LogP contribution in [0.3, 0.4) is 0 Å². The highest BCUT2D eigenvalue weighted by Gasteiger charge is 2.23. The molecule has 0 spiro atoms. The van der Waals surface area contributed by atoms with Gasteiger partial charge in [-0.3, -0.25) is 9.59 Å². The maximum Gasteiger partial charge on any atom is 0.223 e. The lowest BCUT2D eigenvalue weighted by molar-refractivity contribution is -0.131. The van der Waals surface area contributed by atoms with Crippen LogP contribution in [-0.4, -0.2) is 47.9 Å². The van der Waals surface area contributed by atoms with Gasteiger partial charge in [0.05, 0.1) is 5.69 Å². The quantitative estimate of drug-likeness (QED) is 0.797. The van der Waals surface area contributed by atoms with Crippen molar-refractivity contribution in [3.8, 4) is 5.75 Å². The van der Waals surface area contributed by atoms with Gasteiger partial charge in [0.2, 0.25) is 5.91 Å². The molecule has 0 saturated carbocycles. The van der Waals surface area contributed by atoms with Gasteiger partial charge >= 0.3 is 0 Å². The first-order valence-corrected chi connectivity index (χ1v) is 9.51. The fourth-order valence-corrected chi connectivity index (χ4v) is 3.38. The van der Waals surface area contributed by atoms with Gasteiger partial charge in [0.1, 0.15) is 5.75 Å². The highest BCUT2D eigenvalue weighted by Crippen LogP contribution is 2.27. The molecule has 1 aliphatic rings. The number of hydrogen-bond donors (Lipinski definition) is 1. The SMILES string of the molecule is CCc1ccc(C(=O)CCC(=O)N2CCN(c3ccccc3O)CC2)cc1. The van der Waals surface area contributed by atoms with Gasteiger partial charge in [-0.15, -0.1) is 0 Å². The van der Waals surface area contributed by atoms with Gasteiger partial charge < -0.3 is 14.9 Å². The van der Waals surface area contributed by atoms with Crippen molar-refractivity contribution in [1.29, 1.82) is 0 Å². The average Bonchev–Trinajstić information content (AvgIpc) is 2.72. The number of rotatable bonds is 6. The lowest BCUT2D eigenvalue weighted by Gasteiger charge is -2.36. The standard InChI is InChI=1S/C22H26N2O3/c1-2-17-7-9-18(10-8-17)20(25)11-12-22(27)24-15-13-23(14-16-24)19-5-3-4-6-21(19)26/h3-10,26H,2,11-16H2,1H3. The summed E-state index contributed by atoms with van der Waals surface area (Å²) in [7, 11) is 0. The molecule has 1 N–H and O–H groups in total. The van der Waals surface area contributed by atoms with Gasteiger partial charge in [0.15, 0.2) is 5.78 Å². The van der Waals surface area contributed by atoms with E-state index in [4.69, 9.17) is 0 Å². The first kappa shape index (κ1) is 19.0. The zero-order valence-corrected chi connectivity index (χ0v) is 15.7. The summed E-state index contributed by atoms with van der Waals surface area (Å²) < 4.78 is 0. The highest BCUT2D eigenvalue weighted by atomic mass is 16.3. The highest BCUT2D eigenvalue weighted by molar-refractivity contribution is 5.98. The molecule has 5 nitrogen and oxygen atoms in total. The second kappa shape index (κ2) is 8.71. The van der Waals surface area contributed by atoms with Crippen LogP contribution < -0.4 is 4.90 Å². The third-order valence-corrected chi connectivity index (χ3v) is 5.10. The predicted molar refractivity (Wildman–Crippen MR) is 106 cm³/mol. The summed E-state index contributed by atoms with van der Waals surface area (Å²) in [6, 6.07) is 14.9. The van der Waals surface area contributed by atoms with Crippen molar-refractivity contribution in [3.63, 3.8) is 0 Å². The summed E-state index contributed by atoms with van der Waals surface area (Å²) in [5.41, 5.74) is 2.67. The van der Waals surface area contributed by atoms with Crippen molar-refractivity contribution >= 4 is 17.4 Å². The van der Waals surface area contributed by atoms with E-state index >= 15 is 0 Å². The van der Waals surface area contributed by atoms with Crippen molar-refractivity contribution in [1.82, 2.24) is 4.90 Å². The minimum atomic E-state index is 0.0128. The van der Waals surface area contributed by atoms with Crippen LogP contribution in [-0.2, 0) is 11.2 Å². The topological polar surface area (TPSA) is 60.9 Å². The van der Waals surface area contributed by atoms with Crippen LogP contribution in [0.5, 0.6) is 5.75 Å². The molecule has 0 atom stereocenters. The Morgan fingerprint density at radius 2 is 1.59 bits per heavy atom.